The largest absolute Gasteiger partial charge is 0.496 e. The summed E-state index contributed by atoms with van der Waals surface area (Å²) < 4.78 is 12.9. The lowest BCUT2D eigenvalue weighted by Crippen LogP contribution is -2.25. The second kappa shape index (κ2) is 7.50. The maximum absolute atomic E-state index is 12.8. The van der Waals surface area contributed by atoms with Crippen LogP contribution in [0.15, 0.2) is 42.5 Å². The number of nitrogens with one attached hydrogen (secondary N) is 2. The number of H-pyrrole nitrogens is 1. The Labute approximate surface area is 168 Å². The average Bonchev–Trinajstić information content (AvgIpc) is 3.33. The van der Waals surface area contributed by atoms with Gasteiger partial charge in [-0.25, -0.2) is 4.98 Å². The van der Waals surface area contributed by atoms with Gasteiger partial charge in [-0.15, -0.1) is 0 Å². The number of carbonyl (C=O) groups excluding carboxylic acids is 1. The lowest BCUT2D eigenvalue weighted by Gasteiger charge is -2.13. The van der Waals surface area contributed by atoms with E-state index in [0.29, 0.717) is 23.7 Å². The number of amides is 1. The van der Waals surface area contributed by atoms with Gasteiger partial charge in [0, 0.05) is 11.4 Å². The van der Waals surface area contributed by atoms with Gasteiger partial charge in [-0.05, 0) is 44.2 Å². The van der Waals surface area contributed by atoms with Crippen LogP contribution in [0.5, 0.6) is 11.5 Å². The summed E-state index contributed by atoms with van der Waals surface area (Å²) in [5, 5.41) is 3.77. The van der Waals surface area contributed by atoms with E-state index < -0.39 is 0 Å². The molecular weight excluding hydrogens is 368 g/mol. The van der Waals surface area contributed by atoms with E-state index in [0.717, 1.165) is 27.8 Å². The highest BCUT2D eigenvalue weighted by Crippen LogP contribution is 2.33. The van der Waals surface area contributed by atoms with Gasteiger partial charge in [0.25, 0.3) is 5.91 Å². The zero-order valence-electron chi connectivity index (χ0n) is 16.9. The second-order valence-electron chi connectivity index (χ2n) is 7.10. The number of aromatic nitrogens is 3. The number of methoxy groups -OCH3 is 2. The van der Waals surface area contributed by atoms with Crippen molar-refractivity contribution < 1.29 is 14.3 Å². The zero-order valence-corrected chi connectivity index (χ0v) is 16.9. The third-order valence-corrected chi connectivity index (χ3v) is 4.99. The lowest BCUT2D eigenvalue weighted by molar-refractivity contribution is 0.0945. The van der Waals surface area contributed by atoms with Crippen molar-refractivity contribution in [2.75, 3.05) is 14.2 Å². The van der Waals surface area contributed by atoms with E-state index in [-0.39, 0.29) is 11.9 Å². The highest BCUT2D eigenvalue weighted by Gasteiger charge is 2.17. The summed E-state index contributed by atoms with van der Waals surface area (Å²) >= 11 is 0. The van der Waals surface area contributed by atoms with Gasteiger partial charge in [-0.3, -0.25) is 4.79 Å². The van der Waals surface area contributed by atoms with Crippen LogP contribution in [0.1, 0.15) is 36.2 Å². The number of benzene rings is 2. The maximum Gasteiger partial charge on any atom is 0.268 e. The van der Waals surface area contributed by atoms with Gasteiger partial charge in [-0.2, -0.15) is 0 Å². The molecule has 0 spiro atoms. The molecule has 7 heteroatoms. The molecule has 4 rings (SSSR count). The highest BCUT2D eigenvalue weighted by atomic mass is 16.5. The minimum absolute atomic E-state index is 0.215. The molecular formula is C22H24N4O3. The Morgan fingerprint density at radius 1 is 1.14 bits per heavy atom. The van der Waals surface area contributed by atoms with Crippen LogP contribution in [0, 0.1) is 0 Å². The molecule has 0 unspecified atom stereocenters. The fourth-order valence-electron chi connectivity index (χ4n) is 3.69. The van der Waals surface area contributed by atoms with Gasteiger partial charge in [0.2, 0.25) is 0 Å². The molecule has 4 aromatic rings. The monoisotopic (exact) mass is 392 g/mol. The van der Waals surface area contributed by atoms with Gasteiger partial charge in [0.05, 0.1) is 37.3 Å². The zero-order chi connectivity index (χ0) is 20.5. The normalized spacial score (nSPS) is 11.3. The average molecular weight is 392 g/mol. The fraction of sp³-hybridized carbons (Fsp3) is 0.273. The van der Waals surface area contributed by atoms with Crippen molar-refractivity contribution in [3.8, 4) is 11.5 Å². The summed E-state index contributed by atoms with van der Waals surface area (Å²) in [6.07, 6.45) is 0. The second-order valence-corrected chi connectivity index (χ2v) is 7.10. The molecule has 0 atom stereocenters. The third kappa shape index (κ3) is 3.29. The number of imidazole rings is 1. The van der Waals surface area contributed by atoms with E-state index in [1.807, 2.05) is 36.4 Å². The van der Waals surface area contributed by atoms with Crippen LogP contribution in [0.25, 0.3) is 21.9 Å². The molecule has 0 saturated heterocycles. The first-order valence-electron chi connectivity index (χ1n) is 9.51. The number of nitrogens with zero attached hydrogens (tertiary/aromatic N) is 2. The number of hydrogen-bond donors (Lipinski definition) is 2. The predicted molar refractivity (Wildman–Crippen MR) is 113 cm³/mol. The Morgan fingerprint density at radius 2 is 1.86 bits per heavy atom. The number of fused-ring (bicyclic) bond motifs is 2. The number of para-hydroxylation sites is 2. The van der Waals surface area contributed by atoms with Crippen molar-refractivity contribution in [1.29, 1.82) is 0 Å². The molecule has 0 aliphatic carbocycles. The van der Waals surface area contributed by atoms with Gasteiger partial charge in [0.1, 0.15) is 23.0 Å². The highest BCUT2D eigenvalue weighted by molar-refractivity contribution is 6.01. The Morgan fingerprint density at radius 3 is 2.59 bits per heavy atom. The van der Waals surface area contributed by atoms with E-state index in [1.165, 1.54) is 0 Å². The summed E-state index contributed by atoms with van der Waals surface area (Å²) in [5.41, 5.74) is 3.15. The van der Waals surface area contributed by atoms with Crippen LogP contribution in [-0.2, 0) is 6.54 Å². The first-order valence-corrected chi connectivity index (χ1v) is 9.51. The molecule has 0 saturated carbocycles. The molecule has 0 aliphatic heterocycles. The van der Waals surface area contributed by atoms with E-state index in [9.17, 15) is 4.79 Å². The topological polar surface area (TPSA) is 81.2 Å². The smallest absolute Gasteiger partial charge is 0.268 e. The minimum Gasteiger partial charge on any atom is -0.496 e. The van der Waals surface area contributed by atoms with E-state index in [1.54, 1.807) is 20.3 Å². The van der Waals surface area contributed by atoms with Crippen LogP contribution in [0.4, 0.5) is 0 Å². The SMILES string of the molecule is COc1ccc(OC)c2[nH]c(C(=O)NCc3nc4ccccc4n3C(C)C)cc12. The molecule has 0 fully saturated rings. The quantitative estimate of drug-likeness (QED) is 0.519. The Kier molecular flexibility index (Phi) is 4.88. The number of rotatable bonds is 6. The number of hydrogen-bond acceptors (Lipinski definition) is 4. The van der Waals surface area contributed by atoms with Crippen molar-refractivity contribution in [3.05, 3.63) is 54.0 Å². The van der Waals surface area contributed by atoms with Crippen molar-refractivity contribution in [3.63, 3.8) is 0 Å². The number of ether oxygens (including phenoxy) is 2. The Bertz CT molecular complexity index is 1150. The molecule has 0 bridgehead atoms. The van der Waals surface area contributed by atoms with Crippen molar-refractivity contribution >= 4 is 27.8 Å². The summed E-state index contributed by atoms with van der Waals surface area (Å²) in [5.74, 6) is 1.94. The fourth-order valence-corrected chi connectivity index (χ4v) is 3.69. The predicted octanol–water partition coefficient (Wildman–Crippen LogP) is 4.05. The van der Waals surface area contributed by atoms with Crippen molar-refractivity contribution in [1.82, 2.24) is 19.9 Å². The molecule has 2 heterocycles. The van der Waals surface area contributed by atoms with Gasteiger partial charge in [-0.1, -0.05) is 12.1 Å². The molecule has 0 radical (unpaired) electrons. The van der Waals surface area contributed by atoms with Crippen LogP contribution in [-0.4, -0.2) is 34.7 Å². The Hall–Kier alpha value is -3.48. The molecule has 29 heavy (non-hydrogen) atoms. The number of carbonyl (C=O) groups is 1. The number of aromatic amines is 1. The van der Waals surface area contributed by atoms with Crippen LogP contribution in [0.2, 0.25) is 0 Å². The molecule has 1 amide bonds. The van der Waals surface area contributed by atoms with Gasteiger partial charge >= 0.3 is 0 Å². The van der Waals surface area contributed by atoms with Crippen molar-refractivity contribution in [2.45, 2.75) is 26.4 Å². The van der Waals surface area contributed by atoms with E-state index in [4.69, 9.17) is 14.5 Å². The van der Waals surface area contributed by atoms with E-state index in [2.05, 4.69) is 28.7 Å². The van der Waals surface area contributed by atoms with Crippen LogP contribution in [0.3, 0.4) is 0 Å². The third-order valence-electron chi connectivity index (χ3n) is 4.99. The standard InChI is InChI=1S/C22H24N4O3/c1-13(2)26-17-8-6-5-7-15(17)24-20(26)12-23-22(27)16-11-14-18(28-3)9-10-19(29-4)21(14)25-16/h5-11,13,25H,12H2,1-4H3,(H,23,27). The maximum atomic E-state index is 12.8. The molecule has 150 valence electrons. The summed E-state index contributed by atoms with van der Waals surface area (Å²) in [6.45, 7) is 4.54. The summed E-state index contributed by atoms with van der Waals surface area (Å²) in [4.78, 5) is 20.7. The molecule has 2 N–H and O–H groups in total. The van der Waals surface area contributed by atoms with Gasteiger partial charge < -0.3 is 24.3 Å². The lowest BCUT2D eigenvalue weighted by atomic mass is 10.2. The van der Waals surface area contributed by atoms with Crippen LogP contribution >= 0.6 is 0 Å². The van der Waals surface area contributed by atoms with E-state index >= 15 is 0 Å². The molecule has 2 aromatic carbocycles. The first-order chi connectivity index (χ1) is 14.0. The molecule has 2 aromatic heterocycles. The van der Waals surface area contributed by atoms with Gasteiger partial charge in [0.15, 0.2) is 0 Å². The Balaban J connectivity index is 1.62. The molecule has 0 aliphatic rings. The summed E-state index contributed by atoms with van der Waals surface area (Å²) in [7, 11) is 3.20. The summed E-state index contributed by atoms with van der Waals surface area (Å²) in [6, 6.07) is 13.6. The molecule has 7 nitrogen and oxygen atoms in total. The first kappa shape index (κ1) is 18.9. The van der Waals surface area contributed by atoms with Crippen LogP contribution < -0.4 is 14.8 Å². The van der Waals surface area contributed by atoms with Crippen molar-refractivity contribution in [2.24, 2.45) is 0 Å². The minimum atomic E-state index is -0.215.